The smallest absolute Gasteiger partial charge is 0.0534 e. The molecule has 1 aromatic heterocycles. The molecule has 0 fully saturated rings. The number of rotatable bonds is 4. The minimum atomic E-state index is 0.932. The van der Waals surface area contributed by atoms with E-state index in [4.69, 9.17) is 0 Å². The van der Waals surface area contributed by atoms with E-state index in [-0.39, 0.29) is 0 Å². The number of hydrogen-bond donors (Lipinski definition) is 0. The first kappa shape index (κ1) is 12.8. The molecule has 0 saturated heterocycles. The SMILES string of the molecule is Cc1cccc(CN(C)Cc2cnn(C)c2)c1C. The lowest BCUT2D eigenvalue weighted by Crippen LogP contribution is -2.17. The number of aromatic nitrogens is 2. The normalized spacial score (nSPS) is 11.2. The van der Waals surface area contributed by atoms with Crippen molar-refractivity contribution in [3.8, 4) is 0 Å². The lowest BCUT2D eigenvalue weighted by Gasteiger charge is -2.18. The van der Waals surface area contributed by atoms with E-state index in [2.05, 4.69) is 55.3 Å². The van der Waals surface area contributed by atoms with Gasteiger partial charge in [0.1, 0.15) is 0 Å². The third-order valence-corrected chi connectivity index (χ3v) is 3.37. The first-order valence-electron chi connectivity index (χ1n) is 6.27. The summed E-state index contributed by atoms with van der Waals surface area (Å²) in [5.41, 5.74) is 5.42. The molecular weight excluding hydrogens is 222 g/mol. The van der Waals surface area contributed by atoms with E-state index < -0.39 is 0 Å². The Morgan fingerprint density at radius 3 is 2.67 bits per heavy atom. The summed E-state index contributed by atoms with van der Waals surface area (Å²) < 4.78 is 1.85. The first-order chi connectivity index (χ1) is 8.56. The highest BCUT2D eigenvalue weighted by atomic mass is 15.2. The molecule has 0 radical (unpaired) electrons. The zero-order valence-corrected chi connectivity index (χ0v) is 11.6. The molecule has 0 N–H and O–H groups in total. The van der Waals surface area contributed by atoms with Crippen molar-refractivity contribution in [1.82, 2.24) is 14.7 Å². The molecule has 2 aromatic rings. The van der Waals surface area contributed by atoms with Gasteiger partial charge in [0.15, 0.2) is 0 Å². The standard InChI is InChI=1S/C15H21N3/c1-12-6-5-7-15(13(12)2)11-17(3)9-14-8-16-18(4)10-14/h5-8,10H,9,11H2,1-4H3. The second-order valence-electron chi connectivity index (χ2n) is 5.05. The van der Waals surface area contributed by atoms with Crippen LogP contribution in [0.1, 0.15) is 22.3 Å². The van der Waals surface area contributed by atoms with Crippen LogP contribution in [-0.2, 0) is 20.1 Å². The summed E-state index contributed by atoms with van der Waals surface area (Å²) in [6.45, 7) is 6.27. The summed E-state index contributed by atoms with van der Waals surface area (Å²) in [5, 5.41) is 4.20. The Hall–Kier alpha value is -1.61. The molecule has 0 spiro atoms. The van der Waals surface area contributed by atoms with Crippen LogP contribution in [0.15, 0.2) is 30.6 Å². The van der Waals surface area contributed by atoms with Gasteiger partial charge in [0.2, 0.25) is 0 Å². The quantitative estimate of drug-likeness (QED) is 0.823. The summed E-state index contributed by atoms with van der Waals surface area (Å²) >= 11 is 0. The number of hydrogen-bond acceptors (Lipinski definition) is 2. The predicted molar refractivity (Wildman–Crippen MR) is 74.3 cm³/mol. The topological polar surface area (TPSA) is 21.1 Å². The summed E-state index contributed by atoms with van der Waals surface area (Å²) in [4.78, 5) is 2.32. The second kappa shape index (κ2) is 5.36. The molecule has 0 aliphatic heterocycles. The minimum Gasteiger partial charge on any atom is -0.298 e. The first-order valence-corrected chi connectivity index (χ1v) is 6.27. The molecule has 3 heteroatoms. The maximum Gasteiger partial charge on any atom is 0.0534 e. The molecule has 0 saturated carbocycles. The van der Waals surface area contributed by atoms with E-state index in [1.54, 1.807) is 0 Å². The van der Waals surface area contributed by atoms with Crippen molar-refractivity contribution < 1.29 is 0 Å². The summed E-state index contributed by atoms with van der Waals surface area (Å²) in [7, 11) is 4.10. The molecule has 3 nitrogen and oxygen atoms in total. The largest absolute Gasteiger partial charge is 0.298 e. The van der Waals surface area contributed by atoms with Crippen LogP contribution in [0.5, 0.6) is 0 Å². The van der Waals surface area contributed by atoms with Gasteiger partial charge < -0.3 is 0 Å². The van der Waals surface area contributed by atoms with Gasteiger partial charge in [-0.2, -0.15) is 5.10 Å². The molecule has 1 heterocycles. The molecule has 1 aromatic carbocycles. The molecule has 0 aliphatic rings. The van der Waals surface area contributed by atoms with Crippen LogP contribution in [0.2, 0.25) is 0 Å². The van der Waals surface area contributed by atoms with Gasteiger partial charge in [-0.1, -0.05) is 18.2 Å². The van der Waals surface area contributed by atoms with Gasteiger partial charge >= 0.3 is 0 Å². The van der Waals surface area contributed by atoms with Gasteiger partial charge in [-0.25, -0.2) is 0 Å². The lowest BCUT2D eigenvalue weighted by molar-refractivity contribution is 0.318. The van der Waals surface area contributed by atoms with Crippen molar-refractivity contribution in [2.45, 2.75) is 26.9 Å². The predicted octanol–water partition coefficient (Wildman–Crippen LogP) is 2.67. The summed E-state index contributed by atoms with van der Waals surface area (Å²) in [5.74, 6) is 0. The Morgan fingerprint density at radius 1 is 1.22 bits per heavy atom. The van der Waals surface area contributed by atoms with E-state index in [1.807, 2.05) is 17.9 Å². The van der Waals surface area contributed by atoms with E-state index >= 15 is 0 Å². The number of aryl methyl sites for hydroxylation is 2. The van der Waals surface area contributed by atoms with Crippen LogP contribution in [0, 0.1) is 13.8 Å². The maximum atomic E-state index is 4.20. The Kier molecular flexibility index (Phi) is 3.82. The van der Waals surface area contributed by atoms with E-state index in [9.17, 15) is 0 Å². The number of benzene rings is 1. The molecular formula is C15H21N3. The minimum absolute atomic E-state index is 0.932. The maximum absolute atomic E-state index is 4.20. The molecule has 0 unspecified atom stereocenters. The van der Waals surface area contributed by atoms with Gasteiger partial charge in [-0.05, 0) is 37.6 Å². The van der Waals surface area contributed by atoms with Crippen LogP contribution in [0.25, 0.3) is 0 Å². The Morgan fingerprint density at radius 2 is 2.00 bits per heavy atom. The average Bonchev–Trinajstić information content (AvgIpc) is 2.70. The molecule has 0 atom stereocenters. The summed E-state index contributed by atoms with van der Waals surface area (Å²) in [6.07, 6.45) is 4.00. The Labute approximate surface area is 109 Å². The zero-order chi connectivity index (χ0) is 13.1. The van der Waals surface area contributed by atoms with E-state index in [0.717, 1.165) is 13.1 Å². The van der Waals surface area contributed by atoms with Gasteiger partial charge in [0, 0.05) is 31.9 Å². The van der Waals surface area contributed by atoms with Gasteiger partial charge in [0.05, 0.1) is 6.20 Å². The van der Waals surface area contributed by atoms with Crippen molar-refractivity contribution in [3.05, 3.63) is 52.8 Å². The van der Waals surface area contributed by atoms with Crippen molar-refractivity contribution in [1.29, 1.82) is 0 Å². The number of nitrogens with zero attached hydrogens (tertiary/aromatic N) is 3. The Balaban J connectivity index is 2.03. The van der Waals surface area contributed by atoms with Crippen LogP contribution in [-0.4, -0.2) is 21.7 Å². The van der Waals surface area contributed by atoms with Gasteiger partial charge in [-0.15, -0.1) is 0 Å². The lowest BCUT2D eigenvalue weighted by atomic mass is 10.0. The van der Waals surface area contributed by atoms with Crippen LogP contribution in [0.3, 0.4) is 0 Å². The van der Waals surface area contributed by atoms with Crippen molar-refractivity contribution in [2.75, 3.05) is 7.05 Å². The molecule has 2 rings (SSSR count). The fraction of sp³-hybridized carbons (Fsp3) is 0.400. The van der Waals surface area contributed by atoms with Crippen molar-refractivity contribution in [3.63, 3.8) is 0 Å². The van der Waals surface area contributed by atoms with Crippen molar-refractivity contribution in [2.24, 2.45) is 7.05 Å². The average molecular weight is 243 g/mol. The van der Waals surface area contributed by atoms with Crippen LogP contribution in [0.4, 0.5) is 0 Å². The fourth-order valence-electron chi connectivity index (χ4n) is 2.20. The van der Waals surface area contributed by atoms with Crippen LogP contribution >= 0.6 is 0 Å². The van der Waals surface area contributed by atoms with Crippen LogP contribution < -0.4 is 0 Å². The van der Waals surface area contributed by atoms with E-state index in [1.165, 1.54) is 22.3 Å². The highest BCUT2D eigenvalue weighted by Crippen LogP contribution is 2.15. The molecule has 0 bridgehead atoms. The fourth-order valence-corrected chi connectivity index (χ4v) is 2.20. The monoisotopic (exact) mass is 243 g/mol. The molecule has 18 heavy (non-hydrogen) atoms. The highest BCUT2D eigenvalue weighted by Gasteiger charge is 2.06. The van der Waals surface area contributed by atoms with Crippen molar-refractivity contribution >= 4 is 0 Å². The van der Waals surface area contributed by atoms with Gasteiger partial charge in [-0.3, -0.25) is 9.58 Å². The Bertz CT molecular complexity index is 528. The molecule has 0 aliphatic carbocycles. The highest BCUT2D eigenvalue weighted by molar-refractivity contribution is 5.33. The molecule has 0 amide bonds. The zero-order valence-electron chi connectivity index (χ0n) is 11.6. The van der Waals surface area contributed by atoms with E-state index in [0.29, 0.717) is 0 Å². The third-order valence-electron chi connectivity index (χ3n) is 3.37. The summed E-state index contributed by atoms with van der Waals surface area (Å²) in [6, 6.07) is 6.51. The second-order valence-corrected chi connectivity index (χ2v) is 5.05. The molecule has 96 valence electrons. The van der Waals surface area contributed by atoms with Gasteiger partial charge in [0.25, 0.3) is 0 Å². The third kappa shape index (κ3) is 2.99.